The fraction of sp³-hybridized carbons (Fsp3) is 0.458. The molecule has 0 radical (unpaired) electrons. The zero-order chi connectivity index (χ0) is 28.2. The number of halogens is 3. The number of carboxylic acid groups (broad SMARTS) is 1. The lowest BCUT2D eigenvalue weighted by molar-refractivity contribution is -0.192. The highest BCUT2D eigenvalue weighted by Gasteiger charge is 2.56. The summed E-state index contributed by atoms with van der Waals surface area (Å²) in [5.41, 5.74) is 6.07. The summed E-state index contributed by atoms with van der Waals surface area (Å²) in [5, 5.41) is 17.9. The van der Waals surface area contributed by atoms with Crippen LogP contribution in [0, 0.1) is 11.3 Å². The maximum atomic E-state index is 13.3. The van der Waals surface area contributed by atoms with Crippen molar-refractivity contribution in [1.82, 2.24) is 15.1 Å². The van der Waals surface area contributed by atoms with Gasteiger partial charge >= 0.3 is 18.2 Å². The molecule has 5 N–H and O–H groups in total. The summed E-state index contributed by atoms with van der Waals surface area (Å²) in [6.07, 6.45) is -2.17. The van der Waals surface area contributed by atoms with Crippen molar-refractivity contribution in [1.29, 1.82) is 5.41 Å². The van der Waals surface area contributed by atoms with E-state index in [-0.39, 0.29) is 35.5 Å². The molecule has 4 rings (SSSR count). The lowest BCUT2D eigenvalue weighted by Crippen LogP contribution is -2.45. The Balaban J connectivity index is 0.000000505. The Hall–Kier alpha value is -4.10. The van der Waals surface area contributed by atoms with E-state index >= 15 is 0 Å². The Bertz CT molecular complexity index is 1200. The van der Waals surface area contributed by atoms with Crippen molar-refractivity contribution >= 4 is 40.6 Å². The van der Waals surface area contributed by atoms with Crippen molar-refractivity contribution in [3.63, 3.8) is 0 Å². The SMILES string of the molecule is CNC(=O)N1C(=O)[C@H](CCCCC(=N)N)[C@@H]2[C@@H]1CCN2C(=O)c1cc2ccccc2o1.O=C(O)C(F)(F)F. The van der Waals surface area contributed by atoms with Gasteiger partial charge in [0.1, 0.15) is 5.58 Å². The number of furan rings is 1. The van der Waals surface area contributed by atoms with Crippen molar-refractivity contribution in [2.45, 2.75) is 50.4 Å². The van der Waals surface area contributed by atoms with Gasteiger partial charge in [0, 0.05) is 25.4 Å². The number of carbonyl (C=O) groups excluding carboxylic acids is 3. The maximum Gasteiger partial charge on any atom is 0.490 e. The van der Waals surface area contributed by atoms with Crippen LogP contribution in [0.4, 0.5) is 18.0 Å². The molecule has 1 aromatic carbocycles. The number of aliphatic carboxylic acids is 1. The Labute approximate surface area is 215 Å². The normalized spacial score (nSPS) is 20.6. The van der Waals surface area contributed by atoms with E-state index in [2.05, 4.69) is 5.32 Å². The van der Waals surface area contributed by atoms with E-state index < -0.39 is 24.1 Å². The second-order valence-electron chi connectivity index (χ2n) is 8.94. The summed E-state index contributed by atoms with van der Waals surface area (Å²) in [6.45, 7) is 0.454. The van der Waals surface area contributed by atoms with Gasteiger partial charge in [-0.1, -0.05) is 24.6 Å². The largest absolute Gasteiger partial charge is 0.490 e. The van der Waals surface area contributed by atoms with Gasteiger partial charge in [0.15, 0.2) is 5.76 Å². The number of fused-ring (bicyclic) bond motifs is 2. The van der Waals surface area contributed by atoms with Crippen molar-refractivity contribution in [3.8, 4) is 0 Å². The molecule has 0 unspecified atom stereocenters. The zero-order valence-electron chi connectivity index (χ0n) is 20.5. The number of nitrogens with zero attached hydrogens (tertiary/aromatic N) is 2. The first-order valence-electron chi connectivity index (χ1n) is 11.8. The van der Waals surface area contributed by atoms with Crippen molar-refractivity contribution < 1.29 is 41.9 Å². The lowest BCUT2D eigenvalue weighted by Gasteiger charge is -2.26. The van der Waals surface area contributed by atoms with Gasteiger partial charge in [-0.15, -0.1) is 0 Å². The molecule has 0 aliphatic carbocycles. The van der Waals surface area contributed by atoms with E-state index in [9.17, 15) is 27.6 Å². The molecule has 0 spiro atoms. The number of nitrogens with one attached hydrogen (secondary N) is 2. The van der Waals surface area contributed by atoms with Crippen LogP contribution < -0.4 is 11.1 Å². The molecule has 206 valence electrons. The van der Waals surface area contributed by atoms with Crippen molar-refractivity contribution in [2.75, 3.05) is 13.6 Å². The van der Waals surface area contributed by atoms with E-state index in [0.29, 0.717) is 44.2 Å². The quantitative estimate of drug-likeness (QED) is 0.248. The van der Waals surface area contributed by atoms with Gasteiger partial charge in [0.25, 0.3) is 5.91 Å². The molecule has 3 heterocycles. The van der Waals surface area contributed by atoms with E-state index in [1.807, 2.05) is 24.3 Å². The number of carbonyl (C=O) groups is 4. The molecule has 3 atom stereocenters. The molecule has 2 aliphatic heterocycles. The molecule has 1 aromatic heterocycles. The van der Waals surface area contributed by atoms with Crippen LogP contribution in [0.2, 0.25) is 0 Å². The third-order valence-electron chi connectivity index (χ3n) is 6.50. The number of carboxylic acids is 1. The summed E-state index contributed by atoms with van der Waals surface area (Å²) in [7, 11) is 1.50. The first kappa shape index (κ1) is 28.5. The average Bonchev–Trinajstić information content (AvgIpc) is 3.54. The Morgan fingerprint density at radius 1 is 1.24 bits per heavy atom. The lowest BCUT2D eigenvalue weighted by atomic mass is 9.92. The Morgan fingerprint density at radius 2 is 1.89 bits per heavy atom. The van der Waals surface area contributed by atoms with Crippen LogP contribution in [0.1, 0.15) is 42.7 Å². The number of hydrogen-bond acceptors (Lipinski definition) is 6. The predicted molar refractivity (Wildman–Crippen MR) is 128 cm³/mol. The molecule has 2 aromatic rings. The molecule has 11 nitrogen and oxygen atoms in total. The molecule has 4 amide bonds. The van der Waals surface area contributed by atoms with Gasteiger partial charge in [0.05, 0.1) is 23.8 Å². The van der Waals surface area contributed by atoms with Gasteiger partial charge in [-0.2, -0.15) is 13.2 Å². The van der Waals surface area contributed by atoms with Crippen LogP contribution >= 0.6 is 0 Å². The minimum Gasteiger partial charge on any atom is -0.475 e. The molecule has 14 heteroatoms. The fourth-order valence-electron chi connectivity index (χ4n) is 4.87. The predicted octanol–water partition coefficient (Wildman–Crippen LogP) is 2.94. The molecule has 2 aliphatic rings. The highest BCUT2D eigenvalue weighted by molar-refractivity contribution is 6.01. The minimum atomic E-state index is -5.08. The van der Waals surface area contributed by atoms with Crippen molar-refractivity contribution in [3.05, 3.63) is 36.1 Å². The van der Waals surface area contributed by atoms with Crippen LogP contribution in [0.25, 0.3) is 11.0 Å². The molecule has 2 fully saturated rings. The van der Waals surface area contributed by atoms with Gasteiger partial charge in [0.2, 0.25) is 5.91 Å². The first-order valence-corrected chi connectivity index (χ1v) is 11.8. The van der Waals surface area contributed by atoms with Crippen LogP contribution in [0.3, 0.4) is 0 Å². The number of nitrogens with two attached hydrogens (primary N) is 1. The highest BCUT2D eigenvalue weighted by Crippen LogP contribution is 2.40. The standard InChI is InChI=1S/C22H27N5O4.C2HF3O2/c1-25-22(30)27-15-10-11-26(19(15)14(20(27)28)7-3-5-9-18(23)24)21(29)17-12-13-6-2-4-8-16(13)31-17;3-2(4,5)1(6)7/h2,4,6,8,12,14-15,19H,3,5,7,9-11H2,1H3,(H3,23,24)(H,25,30);(H,6,7)/t14-,15+,19-;/m1./s1. The second kappa shape index (κ2) is 11.5. The van der Waals surface area contributed by atoms with Gasteiger partial charge in [-0.05, 0) is 31.4 Å². The number of urea groups is 1. The van der Waals surface area contributed by atoms with E-state index in [4.69, 9.17) is 25.5 Å². The molecular formula is C24H28F3N5O6. The Morgan fingerprint density at radius 3 is 2.47 bits per heavy atom. The minimum absolute atomic E-state index is 0.116. The number of amidine groups is 1. The van der Waals surface area contributed by atoms with Crippen LogP contribution in [-0.4, -0.2) is 76.4 Å². The number of para-hydroxylation sites is 1. The number of likely N-dealkylation sites (tertiary alicyclic amines) is 2. The number of hydrogen-bond donors (Lipinski definition) is 4. The summed E-state index contributed by atoms with van der Waals surface area (Å²) < 4.78 is 37.5. The molecule has 0 bridgehead atoms. The summed E-state index contributed by atoms with van der Waals surface area (Å²) >= 11 is 0. The smallest absolute Gasteiger partial charge is 0.475 e. The number of alkyl halides is 3. The summed E-state index contributed by atoms with van der Waals surface area (Å²) in [4.78, 5) is 50.8. The summed E-state index contributed by atoms with van der Waals surface area (Å²) in [6, 6.07) is 7.97. The third-order valence-corrected chi connectivity index (χ3v) is 6.50. The van der Waals surface area contributed by atoms with Crippen LogP contribution in [0.5, 0.6) is 0 Å². The van der Waals surface area contributed by atoms with Gasteiger partial charge < -0.3 is 25.5 Å². The van der Waals surface area contributed by atoms with Gasteiger partial charge in [-0.3, -0.25) is 19.9 Å². The molecule has 38 heavy (non-hydrogen) atoms. The number of imide groups is 1. The van der Waals surface area contributed by atoms with E-state index in [1.165, 1.54) is 11.9 Å². The average molecular weight is 540 g/mol. The van der Waals surface area contributed by atoms with Crippen molar-refractivity contribution in [2.24, 2.45) is 11.7 Å². The molecular weight excluding hydrogens is 511 g/mol. The monoisotopic (exact) mass is 539 g/mol. The third kappa shape index (κ3) is 6.06. The number of rotatable bonds is 6. The fourth-order valence-corrected chi connectivity index (χ4v) is 4.87. The van der Waals surface area contributed by atoms with Crippen LogP contribution in [0.15, 0.2) is 34.7 Å². The molecule has 0 saturated carbocycles. The highest BCUT2D eigenvalue weighted by atomic mass is 19.4. The zero-order valence-corrected chi connectivity index (χ0v) is 20.5. The Kier molecular flexibility index (Phi) is 8.63. The first-order chi connectivity index (χ1) is 17.9. The topological polar surface area (TPSA) is 170 Å². The second-order valence-corrected chi connectivity index (χ2v) is 8.94. The van der Waals surface area contributed by atoms with Crippen LogP contribution in [-0.2, 0) is 9.59 Å². The number of unbranched alkanes of at least 4 members (excludes halogenated alkanes) is 1. The summed E-state index contributed by atoms with van der Waals surface area (Å²) in [5.74, 6) is -3.38. The number of amides is 4. The van der Waals surface area contributed by atoms with Gasteiger partial charge in [-0.25, -0.2) is 9.59 Å². The maximum absolute atomic E-state index is 13.3. The van der Waals surface area contributed by atoms with E-state index in [0.717, 1.165) is 5.39 Å². The number of benzene rings is 1. The van der Waals surface area contributed by atoms with E-state index in [1.54, 1.807) is 11.0 Å². The molecule has 2 saturated heterocycles.